The van der Waals surface area contributed by atoms with Crippen LogP contribution in [0.1, 0.15) is 35.1 Å². The van der Waals surface area contributed by atoms with E-state index in [0.29, 0.717) is 18.0 Å². The van der Waals surface area contributed by atoms with Gasteiger partial charge in [0.25, 0.3) is 5.91 Å². The molecule has 1 aromatic heterocycles. The van der Waals surface area contributed by atoms with Gasteiger partial charge < -0.3 is 10.2 Å². The first-order valence-corrected chi connectivity index (χ1v) is 7.04. The van der Waals surface area contributed by atoms with E-state index in [1.807, 2.05) is 20.9 Å². The number of nitrogens with zero attached hydrogens (tertiary/aromatic N) is 3. The fourth-order valence-electron chi connectivity index (χ4n) is 3.73. The van der Waals surface area contributed by atoms with Crippen LogP contribution in [0, 0.1) is 19.8 Å². The van der Waals surface area contributed by atoms with E-state index in [1.165, 1.54) is 0 Å². The number of hydrogen-bond acceptors (Lipinski definition) is 3. The molecule has 0 saturated carbocycles. The first-order chi connectivity index (χ1) is 9.00. The van der Waals surface area contributed by atoms with Gasteiger partial charge in [-0.3, -0.25) is 9.48 Å². The van der Waals surface area contributed by atoms with Gasteiger partial charge in [-0.15, -0.1) is 0 Å². The Morgan fingerprint density at radius 2 is 2.11 bits per heavy atom. The molecule has 19 heavy (non-hydrogen) atoms. The highest BCUT2D eigenvalue weighted by atomic mass is 16.2. The third kappa shape index (κ3) is 1.79. The van der Waals surface area contributed by atoms with Crippen LogP contribution in [0.5, 0.6) is 0 Å². The van der Waals surface area contributed by atoms with Crippen molar-refractivity contribution in [2.24, 2.45) is 13.0 Å². The number of fused-ring (bicyclic) bond motifs is 1. The maximum absolute atomic E-state index is 12.9. The lowest BCUT2D eigenvalue weighted by atomic mass is 10.0. The first kappa shape index (κ1) is 12.7. The highest BCUT2D eigenvalue weighted by molar-refractivity contribution is 5.97. The van der Waals surface area contributed by atoms with Crippen molar-refractivity contribution in [3.8, 4) is 0 Å². The van der Waals surface area contributed by atoms with E-state index >= 15 is 0 Å². The van der Waals surface area contributed by atoms with Gasteiger partial charge in [0.15, 0.2) is 0 Å². The number of carbonyl (C=O) groups excluding carboxylic acids is 1. The molecular weight excluding hydrogens is 240 g/mol. The summed E-state index contributed by atoms with van der Waals surface area (Å²) >= 11 is 0. The number of rotatable bonds is 1. The van der Waals surface area contributed by atoms with E-state index < -0.39 is 0 Å². The second-order valence-electron chi connectivity index (χ2n) is 5.95. The van der Waals surface area contributed by atoms with E-state index in [9.17, 15) is 4.79 Å². The maximum atomic E-state index is 12.9. The summed E-state index contributed by atoms with van der Waals surface area (Å²) < 4.78 is 1.80. The molecule has 0 aromatic carbocycles. The van der Waals surface area contributed by atoms with E-state index in [0.717, 1.165) is 36.5 Å². The SMILES string of the molecule is Cc1nn(C)c(C)c1C(=O)N1C(C)CC2CNCC21. The van der Waals surface area contributed by atoms with E-state index in [2.05, 4.69) is 22.2 Å². The smallest absolute Gasteiger partial charge is 0.258 e. The van der Waals surface area contributed by atoms with Crippen molar-refractivity contribution in [1.29, 1.82) is 0 Å². The molecule has 2 fully saturated rings. The predicted molar refractivity (Wildman–Crippen MR) is 73.1 cm³/mol. The van der Waals surface area contributed by atoms with Gasteiger partial charge in [-0.05, 0) is 33.1 Å². The van der Waals surface area contributed by atoms with Gasteiger partial charge in [0.1, 0.15) is 0 Å². The molecule has 0 spiro atoms. The van der Waals surface area contributed by atoms with Crippen LogP contribution in [0.3, 0.4) is 0 Å². The van der Waals surface area contributed by atoms with Crippen molar-refractivity contribution < 1.29 is 4.79 Å². The van der Waals surface area contributed by atoms with Crippen LogP contribution in [0.25, 0.3) is 0 Å². The molecule has 1 aromatic rings. The Hall–Kier alpha value is -1.36. The van der Waals surface area contributed by atoms with E-state index in [1.54, 1.807) is 4.68 Å². The minimum Gasteiger partial charge on any atom is -0.331 e. The molecule has 104 valence electrons. The quantitative estimate of drug-likeness (QED) is 0.816. The summed E-state index contributed by atoms with van der Waals surface area (Å²) in [5.74, 6) is 0.781. The number of nitrogens with one attached hydrogen (secondary N) is 1. The van der Waals surface area contributed by atoms with Crippen LogP contribution in [-0.2, 0) is 7.05 Å². The zero-order chi connectivity index (χ0) is 13.7. The molecule has 3 unspecified atom stereocenters. The van der Waals surface area contributed by atoms with Crippen LogP contribution in [0.15, 0.2) is 0 Å². The number of aryl methyl sites for hydroxylation is 2. The summed E-state index contributed by atoms with van der Waals surface area (Å²) in [6, 6.07) is 0.699. The van der Waals surface area contributed by atoms with Crippen molar-refractivity contribution in [1.82, 2.24) is 20.0 Å². The zero-order valence-corrected chi connectivity index (χ0v) is 12.1. The standard InChI is InChI=1S/C14H22N4O/c1-8-5-11-6-15-7-12(11)18(8)14(19)13-9(2)16-17(4)10(13)3/h8,11-12,15H,5-7H2,1-4H3. The fourth-order valence-corrected chi connectivity index (χ4v) is 3.73. The molecule has 3 atom stereocenters. The van der Waals surface area contributed by atoms with Crippen LogP contribution < -0.4 is 5.32 Å². The van der Waals surface area contributed by atoms with Crippen molar-refractivity contribution in [2.75, 3.05) is 13.1 Å². The molecule has 2 aliphatic heterocycles. The number of hydrogen-bond donors (Lipinski definition) is 1. The van der Waals surface area contributed by atoms with Gasteiger partial charge in [0, 0.05) is 37.9 Å². The molecule has 3 rings (SSSR count). The highest BCUT2D eigenvalue weighted by Crippen LogP contribution is 2.34. The molecule has 0 aliphatic carbocycles. The molecule has 0 radical (unpaired) electrons. The van der Waals surface area contributed by atoms with E-state index in [-0.39, 0.29) is 5.91 Å². The van der Waals surface area contributed by atoms with Gasteiger partial charge >= 0.3 is 0 Å². The number of aromatic nitrogens is 2. The lowest BCUT2D eigenvalue weighted by Gasteiger charge is -2.27. The third-order valence-corrected chi connectivity index (χ3v) is 4.74. The van der Waals surface area contributed by atoms with Gasteiger partial charge in [0.05, 0.1) is 11.3 Å². The Bertz CT molecular complexity index is 522. The molecule has 3 heterocycles. The van der Waals surface area contributed by atoms with Crippen LogP contribution in [-0.4, -0.2) is 45.8 Å². The Labute approximate surface area is 114 Å². The molecule has 1 amide bonds. The second kappa shape index (κ2) is 4.34. The number of carbonyl (C=O) groups is 1. The number of likely N-dealkylation sites (tertiary alicyclic amines) is 1. The lowest BCUT2D eigenvalue weighted by molar-refractivity contribution is 0.0680. The fraction of sp³-hybridized carbons (Fsp3) is 0.714. The average molecular weight is 262 g/mol. The van der Waals surface area contributed by atoms with Crippen molar-refractivity contribution in [3.63, 3.8) is 0 Å². The molecule has 1 N–H and O–H groups in total. The summed E-state index contributed by atoms with van der Waals surface area (Å²) in [5, 5.41) is 7.77. The van der Waals surface area contributed by atoms with Gasteiger partial charge in [-0.1, -0.05) is 0 Å². The Balaban J connectivity index is 1.95. The summed E-state index contributed by atoms with van der Waals surface area (Å²) in [4.78, 5) is 15.0. The normalized spacial score (nSPS) is 29.9. The molecule has 2 aliphatic rings. The molecule has 0 bridgehead atoms. The summed E-state index contributed by atoms with van der Waals surface area (Å²) in [6.07, 6.45) is 1.11. The topological polar surface area (TPSA) is 50.2 Å². The van der Waals surface area contributed by atoms with Crippen molar-refractivity contribution >= 4 is 5.91 Å². The lowest BCUT2D eigenvalue weighted by Crippen LogP contribution is -2.43. The summed E-state index contributed by atoms with van der Waals surface area (Å²) in [6.45, 7) is 8.03. The van der Waals surface area contributed by atoms with Gasteiger partial charge in [0.2, 0.25) is 0 Å². The zero-order valence-electron chi connectivity index (χ0n) is 12.1. The Kier molecular flexibility index (Phi) is 2.89. The minimum absolute atomic E-state index is 0.159. The maximum Gasteiger partial charge on any atom is 0.258 e. The third-order valence-electron chi connectivity index (χ3n) is 4.74. The van der Waals surface area contributed by atoms with Crippen molar-refractivity contribution in [2.45, 2.75) is 39.3 Å². The summed E-state index contributed by atoms with van der Waals surface area (Å²) in [7, 11) is 1.90. The van der Waals surface area contributed by atoms with Crippen molar-refractivity contribution in [3.05, 3.63) is 17.0 Å². The van der Waals surface area contributed by atoms with Gasteiger partial charge in [-0.2, -0.15) is 5.10 Å². The van der Waals surface area contributed by atoms with Crippen LogP contribution in [0.2, 0.25) is 0 Å². The predicted octanol–water partition coefficient (Wildman–Crippen LogP) is 0.859. The molecule has 5 heteroatoms. The number of amides is 1. The molecular formula is C14H22N4O. The monoisotopic (exact) mass is 262 g/mol. The molecule has 5 nitrogen and oxygen atoms in total. The first-order valence-electron chi connectivity index (χ1n) is 7.04. The Morgan fingerprint density at radius 1 is 1.37 bits per heavy atom. The Morgan fingerprint density at radius 3 is 2.74 bits per heavy atom. The largest absolute Gasteiger partial charge is 0.331 e. The van der Waals surface area contributed by atoms with Gasteiger partial charge in [-0.25, -0.2) is 0 Å². The van der Waals surface area contributed by atoms with Crippen LogP contribution in [0.4, 0.5) is 0 Å². The van der Waals surface area contributed by atoms with E-state index in [4.69, 9.17) is 0 Å². The summed E-state index contributed by atoms with van der Waals surface area (Å²) in [5.41, 5.74) is 2.60. The second-order valence-corrected chi connectivity index (χ2v) is 5.95. The minimum atomic E-state index is 0.159. The average Bonchev–Trinajstić information content (AvgIpc) is 2.93. The van der Waals surface area contributed by atoms with Crippen LogP contribution >= 0.6 is 0 Å². The highest BCUT2D eigenvalue weighted by Gasteiger charge is 2.45. The molecule has 2 saturated heterocycles.